The van der Waals surface area contributed by atoms with Crippen LogP contribution in [0.3, 0.4) is 0 Å². The number of nitrogens with zero attached hydrogens (tertiary/aromatic N) is 2. The highest BCUT2D eigenvalue weighted by molar-refractivity contribution is 5.82. The van der Waals surface area contributed by atoms with E-state index in [1.807, 2.05) is 24.8 Å². The summed E-state index contributed by atoms with van der Waals surface area (Å²) in [7, 11) is 0. The number of benzene rings is 1. The maximum atomic E-state index is 4.57. The summed E-state index contributed by atoms with van der Waals surface area (Å²) in [5.41, 5.74) is 11.7. The van der Waals surface area contributed by atoms with E-state index in [1.165, 1.54) is 50.1 Å². The molecule has 0 saturated carbocycles. The summed E-state index contributed by atoms with van der Waals surface area (Å²) in [5, 5.41) is 0. The molecule has 0 radical (unpaired) electrons. The number of hydrogen-bond donors (Lipinski definition) is 0. The molecule has 0 fully saturated rings. The molecule has 2 heterocycles. The summed E-state index contributed by atoms with van der Waals surface area (Å²) < 4.78 is 0. The molecule has 0 unspecified atom stereocenters. The van der Waals surface area contributed by atoms with Gasteiger partial charge in [0.25, 0.3) is 0 Å². The molecular weight excluding hydrogens is 364 g/mol. The molecule has 0 aliphatic heterocycles. The first kappa shape index (κ1) is 22.2. The fourth-order valence-corrected chi connectivity index (χ4v) is 4.40. The predicted octanol–water partition coefficient (Wildman–Crippen LogP) is 7.97. The summed E-state index contributed by atoms with van der Waals surface area (Å²) in [4.78, 5) is 9.06. The maximum absolute atomic E-state index is 4.57. The van der Waals surface area contributed by atoms with Gasteiger partial charge in [-0.25, -0.2) is 0 Å². The van der Waals surface area contributed by atoms with Crippen LogP contribution in [-0.4, -0.2) is 9.97 Å². The largest absolute Gasteiger partial charge is 0.264 e. The van der Waals surface area contributed by atoms with Gasteiger partial charge in [-0.2, -0.15) is 0 Å². The van der Waals surface area contributed by atoms with Gasteiger partial charge in [0.15, 0.2) is 0 Å². The number of aryl methyl sites for hydroxylation is 1. The number of rotatable bonds is 4. The van der Waals surface area contributed by atoms with E-state index in [0.29, 0.717) is 11.8 Å². The lowest BCUT2D eigenvalue weighted by Crippen LogP contribution is -2.12. The van der Waals surface area contributed by atoms with Gasteiger partial charge in [0.05, 0.1) is 0 Å². The highest BCUT2D eigenvalue weighted by Crippen LogP contribution is 2.41. The third kappa shape index (κ3) is 4.19. The average Bonchev–Trinajstić information content (AvgIpc) is 2.66. The Morgan fingerprint density at radius 1 is 0.733 bits per heavy atom. The van der Waals surface area contributed by atoms with Crippen molar-refractivity contribution in [1.29, 1.82) is 0 Å². The molecule has 0 N–H and O–H groups in total. The van der Waals surface area contributed by atoms with Crippen LogP contribution in [0.4, 0.5) is 0 Å². The zero-order valence-corrected chi connectivity index (χ0v) is 20.1. The van der Waals surface area contributed by atoms with Gasteiger partial charge in [0.2, 0.25) is 0 Å². The molecule has 0 amide bonds. The van der Waals surface area contributed by atoms with Gasteiger partial charge in [0.1, 0.15) is 0 Å². The van der Waals surface area contributed by atoms with Gasteiger partial charge in [-0.15, -0.1) is 0 Å². The summed E-state index contributed by atoms with van der Waals surface area (Å²) in [6, 6.07) is 6.92. The normalized spacial score (nSPS) is 12.1. The van der Waals surface area contributed by atoms with Crippen molar-refractivity contribution < 1.29 is 0 Å². The second-order valence-corrected chi connectivity index (χ2v) is 10.1. The first-order valence-electron chi connectivity index (χ1n) is 11.1. The Hall–Kier alpha value is -2.48. The first-order chi connectivity index (χ1) is 14.0. The molecule has 0 spiro atoms. The molecule has 3 aromatic rings. The predicted molar refractivity (Wildman–Crippen MR) is 129 cm³/mol. The Morgan fingerprint density at radius 3 is 1.90 bits per heavy atom. The minimum absolute atomic E-state index is 0.0483. The van der Waals surface area contributed by atoms with Crippen LogP contribution in [0.1, 0.15) is 88.1 Å². The van der Waals surface area contributed by atoms with Gasteiger partial charge in [0, 0.05) is 35.9 Å². The summed E-state index contributed by atoms with van der Waals surface area (Å²) >= 11 is 0. The Morgan fingerprint density at radius 2 is 1.33 bits per heavy atom. The van der Waals surface area contributed by atoms with Gasteiger partial charge >= 0.3 is 0 Å². The zero-order valence-electron chi connectivity index (χ0n) is 20.1. The van der Waals surface area contributed by atoms with Crippen LogP contribution in [-0.2, 0) is 5.41 Å². The molecule has 0 bridgehead atoms. The number of pyridine rings is 2. The number of hydrogen-bond acceptors (Lipinski definition) is 2. The van der Waals surface area contributed by atoms with Crippen molar-refractivity contribution in [1.82, 2.24) is 9.97 Å². The second-order valence-electron chi connectivity index (χ2n) is 10.1. The van der Waals surface area contributed by atoms with Crippen molar-refractivity contribution in [2.75, 3.05) is 0 Å². The second kappa shape index (κ2) is 8.34. The molecular formula is C28H36N2. The van der Waals surface area contributed by atoms with Gasteiger partial charge < -0.3 is 0 Å². The minimum atomic E-state index is 0.0483. The molecule has 0 aliphatic carbocycles. The van der Waals surface area contributed by atoms with Gasteiger partial charge in [-0.3, -0.25) is 9.97 Å². The van der Waals surface area contributed by atoms with Crippen LogP contribution in [0.15, 0.2) is 43.0 Å². The third-order valence-corrected chi connectivity index (χ3v) is 6.10. The van der Waals surface area contributed by atoms with E-state index in [9.17, 15) is 0 Å². The van der Waals surface area contributed by atoms with E-state index in [4.69, 9.17) is 0 Å². The molecule has 0 saturated heterocycles. The average molecular weight is 401 g/mol. The Labute approximate surface area is 182 Å². The molecule has 158 valence electrons. The SMILES string of the molecule is Cc1cncc(-c2cc(C(C)(C)C)cc(-c3cnccc3C(C)C)c2C)c1C(C)C. The lowest BCUT2D eigenvalue weighted by molar-refractivity contribution is 0.590. The summed E-state index contributed by atoms with van der Waals surface area (Å²) in [5.74, 6) is 0.879. The van der Waals surface area contributed by atoms with Crippen molar-refractivity contribution in [2.45, 2.75) is 79.6 Å². The van der Waals surface area contributed by atoms with Crippen LogP contribution < -0.4 is 0 Å². The van der Waals surface area contributed by atoms with E-state index in [2.05, 4.69) is 90.5 Å². The van der Waals surface area contributed by atoms with Crippen molar-refractivity contribution in [3.63, 3.8) is 0 Å². The van der Waals surface area contributed by atoms with Crippen molar-refractivity contribution in [3.8, 4) is 22.3 Å². The molecule has 2 nitrogen and oxygen atoms in total. The van der Waals surface area contributed by atoms with Crippen LogP contribution in [0.25, 0.3) is 22.3 Å². The van der Waals surface area contributed by atoms with E-state index in [0.717, 1.165) is 0 Å². The minimum Gasteiger partial charge on any atom is -0.264 e. The Bertz CT molecular complexity index is 1050. The fraction of sp³-hybridized carbons (Fsp3) is 0.429. The number of aromatic nitrogens is 2. The van der Waals surface area contributed by atoms with Crippen LogP contribution >= 0.6 is 0 Å². The summed E-state index contributed by atoms with van der Waals surface area (Å²) in [6.45, 7) is 20.3. The Kier molecular flexibility index (Phi) is 6.17. The van der Waals surface area contributed by atoms with Crippen molar-refractivity contribution in [2.24, 2.45) is 0 Å². The molecule has 0 aliphatic rings. The lowest BCUT2D eigenvalue weighted by Gasteiger charge is -2.26. The quantitative estimate of drug-likeness (QED) is 0.444. The monoisotopic (exact) mass is 400 g/mol. The summed E-state index contributed by atoms with van der Waals surface area (Å²) in [6.07, 6.45) is 7.98. The van der Waals surface area contributed by atoms with Gasteiger partial charge in [-0.05, 0) is 76.1 Å². The Balaban J connectivity index is 2.41. The standard InChI is InChI=1S/C28H36N2/c1-17(2)22-10-11-29-15-25(22)23-12-21(28(7,8)9)13-24(20(23)6)26-16-30-14-19(5)27(26)18(3)4/h10-18H,1-9H3. The lowest BCUT2D eigenvalue weighted by atomic mass is 9.79. The molecule has 0 atom stereocenters. The zero-order chi connectivity index (χ0) is 22.2. The van der Waals surface area contributed by atoms with E-state index >= 15 is 0 Å². The van der Waals surface area contributed by atoms with Crippen molar-refractivity contribution in [3.05, 3.63) is 70.8 Å². The molecule has 3 rings (SSSR count). The maximum Gasteiger partial charge on any atom is 0.0349 e. The van der Waals surface area contributed by atoms with E-state index < -0.39 is 0 Å². The van der Waals surface area contributed by atoms with E-state index in [1.54, 1.807) is 0 Å². The van der Waals surface area contributed by atoms with Crippen molar-refractivity contribution >= 4 is 0 Å². The highest BCUT2D eigenvalue weighted by Gasteiger charge is 2.22. The molecule has 2 heteroatoms. The van der Waals surface area contributed by atoms with Crippen LogP contribution in [0, 0.1) is 13.8 Å². The fourth-order valence-electron chi connectivity index (χ4n) is 4.40. The highest BCUT2D eigenvalue weighted by atomic mass is 14.6. The van der Waals surface area contributed by atoms with Crippen LogP contribution in [0.5, 0.6) is 0 Å². The smallest absolute Gasteiger partial charge is 0.0349 e. The molecule has 30 heavy (non-hydrogen) atoms. The third-order valence-electron chi connectivity index (χ3n) is 6.10. The first-order valence-corrected chi connectivity index (χ1v) is 11.1. The van der Waals surface area contributed by atoms with E-state index in [-0.39, 0.29) is 5.41 Å². The topological polar surface area (TPSA) is 25.8 Å². The van der Waals surface area contributed by atoms with Gasteiger partial charge in [-0.1, -0.05) is 60.6 Å². The molecule has 2 aromatic heterocycles. The molecule has 1 aromatic carbocycles. The van der Waals surface area contributed by atoms with Crippen LogP contribution in [0.2, 0.25) is 0 Å².